The molecule has 0 saturated carbocycles. The highest BCUT2D eigenvalue weighted by atomic mass is 16.5. The first-order valence-electron chi connectivity index (χ1n) is 3.88. The van der Waals surface area contributed by atoms with Crippen LogP contribution in [0.4, 0.5) is 5.69 Å². The second kappa shape index (κ2) is 3.43. The van der Waals surface area contributed by atoms with E-state index >= 15 is 0 Å². The van der Waals surface area contributed by atoms with Crippen molar-refractivity contribution in [3.05, 3.63) is 23.0 Å². The zero-order valence-corrected chi connectivity index (χ0v) is 7.92. The van der Waals surface area contributed by atoms with E-state index in [1.165, 1.54) is 7.11 Å². The summed E-state index contributed by atoms with van der Waals surface area (Å²) in [5, 5.41) is 0. The van der Waals surface area contributed by atoms with Crippen LogP contribution in [-0.2, 0) is 4.74 Å². The van der Waals surface area contributed by atoms with E-state index < -0.39 is 5.97 Å². The van der Waals surface area contributed by atoms with Crippen LogP contribution in [-0.4, -0.2) is 18.1 Å². The van der Waals surface area contributed by atoms with Gasteiger partial charge in [-0.3, -0.25) is 4.98 Å². The molecule has 0 aliphatic carbocycles. The van der Waals surface area contributed by atoms with Gasteiger partial charge in [0.2, 0.25) is 0 Å². The molecule has 70 valence electrons. The average Bonchev–Trinajstić information content (AvgIpc) is 2.10. The van der Waals surface area contributed by atoms with Gasteiger partial charge in [0.05, 0.1) is 24.1 Å². The highest BCUT2D eigenvalue weighted by Crippen LogP contribution is 2.16. The van der Waals surface area contributed by atoms with Gasteiger partial charge in [-0.15, -0.1) is 0 Å². The molecule has 1 aromatic rings. The molecule has 4 nitrogen and oxygen atoms in total. The van der Waals surface area contributed by atoms with E-state index in [0.717, 1.165) is 5.69 Å². The number of esters is 1. The van der Waals surface area contributed by atoms with E-state index in [0.29, 0.717) is 16.9 Å². The van der Waals surface area contributed by atoms with E-state index in [4.69, 9.17) is 5.73 Å². The van der Waals surface area contributed by atoms with Crippen molar-refractivity contribution in [3.63, 3.8) is 0 Å². The van der Waals surface area contributed by atoms with Crippen molar-refractivity contribution in [1.82, 2.24) is 4.98 Å². The first-order valence-corrected chi connectivity index (χ1v) is 3.88. The molecule has 1 heterocycles. The second-order valence-electron chi connectivity index (χ2n) is 2.80. The van der Waals surface area contributed by atoms with Crippen LogP contribution < -0.4 is 5.73 Å². The number of rotatable bonds is 1. The summed E-state index contributed by atoms with van der Waals surface area (Å²) >= 11 is 0. The number of carbonyl (C=O) groups excluding carboxylic acids is 1. The maximum absolute atomic E-state index is 11.2. The Hall–Kier alpha value is -1.58. The van der Waals surface area contributed by atoms with E-state index in [1.54, 1.807) is 19.9 Å². The van der Waals surface area contributed by atoms with Crippen LogP contribution in [0.2, 0.25) is 0 Å². The molecule has 0 amide bonds. The molecule has 0 bridgehead atoms. The highest BCUT2D eigenvalue weighted by Gasteiger charge is 2.12. The van der Waals surface area contributed by atoms with Gasteiger partial charge in [0.25, 0.3) is 0 Å². The van der Waals surface area contributed by atoms with Gasteiger partial charge in [-0.1, -0.05) is 0 Å². The maximum atomic E-state index is 11.2. The molecule has 0 aliphatic heterocycles. The van der Waals surface area contributed by atoms with Crippen molar-refractivity contribution < 1.29 is 9.53 Å². The minimum atomic E-state index is -0.425. The van der Waals surface area contributed by atoms with Crippen LogP contribution in [0.1, 0.15) is 21.7 Å². The Labute approximate surface area is 76.7 Å². The first kappa shape index (κ1) is 9.51. The Morgan fingerprint density at radius 2 is 2.15 bits per heavy atom. The number of nitrogens with two attached hydrogens (primary N) is 1. The van der Waals surface area contributed by atoms with Crippen molar-refractivity contribution in [3.8, 4) is 0 Å². The average molecular weight is 180 g/mol. The fourth-order valence-electron chi connectivity index (χ4n) is 1.12. The number of nitrogens with zero attached hydrogens (tertiary/aromatic N) is 1. The summed E-state index contributed by atoms with van der Waals surface area (Å²) in [5.74, 6) is -0.425. The van der Waals surface area contributed by atoms with Crippen molar-refractivity contribution in [2.75, 3.05) is 12.8 Å². The van der Waals surface area contributed by atoms with Crippen LogP contribution in [0.5, 0.6) is 0 Å². The Bertz CT molecular complexity index is 348. The number of anilines is 1. The zero-order chi connectivity index (χ0) is 10.0. The van der Waals surface area contributed by atoms with Gasteiger partial charge < -0.3 is 10.5 Å². The van der Waals surface area contributed by atoms with Crippen molar-refractivity contribution in [2.24, 2.45) is 0 Å². The van der Waals surface area contributed by atoms with E-state index in [2.05, 4.69) is 9.72 Å². The maximum Gasteiger partial charge on any atom is 0.340 e. The quantitative estimate of drug-likeness (QED) is 0.656. The predicted molar refractivity (Wildman–Crippen MR) is 49.5 cm³/mol. The molecule has 0 radical (unpaired) electrons. The Kier molecular flexibility index (Phi) is 2.51. The van der Waals surface area contributed by atoms with E-state index in [-0.39, 0.29) is 0 Å². The zero-order valence-electron chi connectivity index (χ0n) is 7.92. The Morgan fingerprint density at radius 1 is 1.54 bits per heavy atom. The molecule has 1 aromatic heterocycles. The lowest BCUT2D eigenvalue weighted by molar-refractivity contribution is 0.0601. The molecular formula is C9H12N2O2. The van der Waals surface area contributed by atoms with Crippen LogP contribution in [0.15, 0.2) is 6.07 Å². The Morgan fingerprint density at radius 3 is 2.69 bits per heavy atom. The van der Waals surface area contributed by atoms with Crippen LogP contribution in [0.3, 0.4) is 0 Å². The lowest BCUT2D eigenvalue weighted by Crippen LogP contribution is -2.08. The molecule has 2 N–H and O–H groups in total. The monoisotopic (exact) mass is 180 g/mol. The highest BCUT2D eigenvalue weighted by molar-refractivity contribution is 5.95. The fraction of sp³-hybridized carbons (Fsp3) is 0.333. The molecule has 0 saturated heterocycles. The first-order chi connectivity index (χ1) is 6.06. The largest absolute Gasteiger partial charge is 0.465 e. The van der Waals surface area contributed by atoms with Crippen molar-refractivity contribution >= 4 is 11.7 Å². The lowest BCUT2D eigenvalue weighted by Gasteiger charge is -2.06. The number of pyridine rings is 1. The molecule has 0 atom stereocenters. The number of carbonyl (C=O) groups is 1. The van der Waals surface area contributed by atoms with Gasteiger partial charge in [-0.05, 0) is 19.9 Å². The van der Waals surface area contributed by atoms with Crippen LogP contribution in [0, 0.1) is 13.8 Å². The number of hydrogen-bond donors (Lipinski definition) is 1. The minimum absolute atomic E-state index is 0.382. The van der Waals surface area contributed by atoms with Gasteiger partial charge in [0.1, 0.15) is 0 Å². The molecule has 13 heavy (non-hydrogen) atoms. The Balaban J connectivity index is 3.28. The predicted octanol–water partition coefficient (Wildman–Crippen LogP) is 1.07. The third kappa shape index (κ3) is 1.77. The summed E-state index contributed by atoms with van der Waals surface area (Å²) in [6, 6.07) is 1.62. The van der Waals surface area contributed by atoms with E-state index in [9.17, 15) is 4.79 Å². The molecule has 0 spiro atoms. The number of hydrogen-bond acceptors (Lipinski definition) is 4. The smallest absolute Gasteiger partial charge is 0.340 e. The van der Waals surface area contributed by atoms with Crippen LogP contribution >= 0.6 is 0 Å². The van der Waals surface area contributed by atoms with E-state index in [1.807, 2.05) is 0 Å². The van der Waals surface area contributed by atoms with Crippen LogP contribution in [0.25, 0.3) is 0 Å². The topological polar surface area (TPSA) is 65.2 Å². The van der Waals surface area contributed by atoms with Crippen molar-refractivity contribution in [1.29, 1.82) is 0 Å². The molecule has 0 fully saturated rings. The normalized spacial score (nSPS) is 9.77. The molecular weight excluding hydrogens is 168 g/mol. The molecule has 0 aromatic carbocycles. The third-order valence-electron chi connectivity index (χ3n) is 1.78. The molecule has 4 heteroatoms. The SMILES string of the molecule is COC(=O)c1cc(C)nc(C)c1N. The fourth-order valence-corrected chi connectivity index (χ4v) is 1.12. The standard InChI is InChI=1S/C9H12N2O2/c1-5-4-7(9(12)13-3)8(10)6(2)11-5/h4H,10H2,1-3H3. The van der Waals surface area contributed by atoms with Crippen molar-refractivity contribution in [2.45, 2.75) is 13.8 Å². The van der Waals surface area contributed by atoms with Gasteiger partial charge in [0, 0.05) is 5.69 Å². The summed E-state index contributed by atoms with van der Waals surface area (Å²) in [6.45, 7) is 3.56. The number of aromatic nitrogens is 1. The second-order valence-corrected chi connectivity index (χ2v) is 2.80. The lowest BCUT2D eigenvalue weighted by atomic mass is 10.1. The molecule has 0 aliphatic rings. The summed E-state index contributed by atoms with van der Waals surface area (Å²) in [5.41, 5.74) is 7.84. The van der Waals surface area contributed by atoms with Gasteiger partial charge in [0.15, 0.2) is 0 Å². The number of ether oxygens (including phenoxy) is 1. The van der Waals surface area contributed by atoms with Gasteiger partial charge in [-0.2, -0.15) is 0 Å². The minimum Gasteiger partial charge on any atom is -0.465 e. The summed E-state index contributed by atoms with van der Waals surface area (Å²) in [7, 11) is 1.33. The number of nitrogen functional groups attached to an aromatic ring is 1. The number of methoxy groups -OCH3 is 1. The third-order valence-corrected chi connectivity index (χ3v) is 1.78. The molecule has 0 unspecified atom stereocenters. The van der Waals surface area contributed by atoms with Gasteiger partial charge in [-0.25, -0.2) is 4.79 Å². The summed E-state index contributed by atoms with van der Waals surface area (Å²) < 4.78 is 4.58. The summed E-state index contributed by atoms with van der Waals surface area (Å²) in [6.07, 6.45) is 0. The molecule has 1 rings (SSSR count). The number of aryl methyl sites for hydroxylation is 2. The summed E-state index contributed by atoms with van der Waals surface area (Å²) in [4.78, 5) is 15.3. The van der Waals surface area contributed by atoms with Gasteiger partial charge >= 0.3 is 5.97 Å².